The molecule has 0 saturated carbocycles. The molecular weight excluding hydrogens is 256 g/mol. The van der Waals surface area contributed by atoms with Gasteiger partial charge >= 0.3 is 0 Å². The second-order valence-corrected chi connectivity index (χ2v) is 5.63. The summed E-state index contributed by atoms with van der Waals surface area (Å²) < 4.78 is 5.48. The number of hydrogen-bond donors (Lipinski definition) is 0. The van der Waals surface area contributed by atoms with Gasteiger partial charge in [-0.1, -0.05) is 63.8 Å². The van der Waals surface area contributed by atoms with Crippen molar-refractivity contribution in [3.63, 3.8) is 0 Å². The van der Waals surface area contributed by atoms with Crippen LogP contribution in [-0.4, -0.2) is 6.61 Å². The molecule has 2 aromatic rings. The normalized spacial score (nSPS) is 12.3. The van der Waals surface area contributed by atoms with E-state index in [2.05, 4.69) is 57.0 Å². The minimum absolute atomic E-state index is 0.315. The fraction of sp³-hybridized carbons (Fsp3) is 0.400. The number of ether oxygens (including phenoxy) is 1. The molecule has 1 unspecified atom stereocenters. The van der Waals surface area contributed by atoms with Crippen molar-refractivity contribution in [3.05, 3.63) is 42.0 Å². The molecule has 21 heavy (non-hydrogen) atoms. The average Bonchev–Trinajstić information content (AvgIpc) is 2.53. The summed E-state index contributed by atoms with van der Waals surface area (Å²) in [6.45, 7) is 7.21. The summed E-state index contributed by atoms with van der Waals surface area (Å²) in [6.07, 6.45) is 7.68. The molecule has 0 aromatic heterocycles. The summed E-state index contributed by atoms with van der Waals surface area (Å²) in [7, 11) is 0. The van der Waals surface area contributed by atoms with Crippen molar-refractivity contribution < 1.29 is 4.74 Å². The molecule has 0 bridgehead atoms. The van der Waals surface area contributed by atoms with Gasteiger partial charge in [-0.3, -0.25) is 0 Å². The van der Waals surface area contributed by atoms with E-state index in [9.17, 15) is 0 Å². The van der Waals surface area contributed by atoms with E-state index in [4.69, 9.17) is 11.2 Å². The van der Waals surface area contributed by atoms with Crippen molar-refractivity contribution in [3.8, 4) is 18.1 Å². The fourth-order valence-corrected chi connectivity index (χ4v) is 3.01. The first kappa shape index (κ1) is 15.4. The summed E-state index contributed by atoms with van der Waals surface area (Å²) in [5, 5.41) is 2.46. The number of hydrogen-bond acceptors (Lipinski definition) is 1. The predicted octanol–water partition coefficient (Wildman–Crippen LogP) is 5.39. The van der Waals surface area contributed by atoms with E-state index in [1.807, 2.05) is 6.07 Å². The average molecular weight is 280 g/mol. The minimum Gasteiger partial charge on any atom is -0.481 e. The lowest BCUT2D eigenvalue weighted by atomic mass is 9.83. The van der Waals surface area contributed by atoms with Crippen molar-refractivity contribution in [2.75, 3.05) is 6.61 Å². The lowest BCUT2D eigenvalue weighted by Crippen LogP contribution is -2.07. The monoisotopic (exact) mass is 280 g/mol. The molecule has 0 spiro atoms. The molecule has 0 aliphatic rings. The largest absolute Gasteiger partial charge is 0.481 e. The molecule has 0 amide bonds. The van der Waals surface area contributed by atoms with Gasteiger partial charge < -0.3 is 4.74 Å². The van der Waals surface area contributed by atoms with E-state index in [0.29, 0.717) is 12.5 Å². The second-order valence-electron chi connectivity index (χ2n) is 5.63. The summed E-state index contributed by atoms with van der Waals surface area (Å²) in [6, 6.07) is 12.9. The van der Waals surface area contributed by atoms with Gasteiger partial charge in [-0.05, 0) is 40.3 Å². The Bertz CT molecular complexity index is 632. The summed E-state index contributed by atoms with van der Waals surface area (Å²) in [4.78, 5) is 0. The lowest BCUT2D eigenvalue weighted by molar-refractivity contribution is 0.371. The van der Waals surface area contributed by atoms with E-state index in [1.54, 1.807) is 0 Å². The highest BCUT2D eigenvalue weighted by atomic mass is 16.5. The van der Waals surface area contributed by atoms with Crippen LogP contribution >= 0.6 is 0 Å². The van der Waals surface area contributed by atoms with Crippen LogP contribution in [0.5, 0.6) is 5.75 Å². The van der Waals surface area contributed by atoms with E-state index in [0.717, 1.165) is 11.7 Å². The highest BCUT2D eigenvalue weighted by molar-refractivity contribution is 5.84. The van der Waals surface area contributed by atoms with Gasteiger partial charge in [0.25, 0.3) is 0 Å². The zero-order valence-electron chi connectivity index (χ0n) is 13.2. The quantitative estimate of drug-likeness (QED) is 0.644. The number of fused-ring (bicyclic) bond motifs is 1. The molecule has 1 heteroatoms. The zero-order chi connectivity index (χ0) is 15.2. The predicted molar refractivity (Wildman–Crippen MR) is 90.8 cm³/mol. The molecule has 0 fully saturated rings. The highest BCUT2D eigenvalue weighted by Gasteiger charge is 2.15. The number of rotatable bonds is 6. The first-order chi connectivity index (χ1) is 10.2. The van der Waals surface area contributed by atoms with Crippen molar-refractivity contribution in [1.82, 2.24) is 0 Å². The first-order valence-electron chi connectivity index (χ1n) is 7.79. The van der Waals surface area contributed by atoms with Gasteiger partial charge in [-0.2, -0.15) is 0 Å². The van der Waals surface area contributed by atoms with E-state index in [1.165, 1.54) is 29.2 Å². The molecule has 110 valence electrons. The minimum atomic E-state index is 0.315. The van der Waals surface area contributed by atoms with Crippen molar-refractivity contribution in [2.45, 2.75) is 39.5 Å². The molecular formula is C20H24O. The number of terminal acetylenes is 1. The Morgan fingerprint density at radius 3 is 2.38 bits per heavy atom. The molecule has 0 saturated heterocycles. The van der Waals surface area contributed by atoms with Gasteiger partial charge in [0, 0.05) is 0 Å². The first-order valence-corrected chi connectivity index (χ1v) is 7.79. The van der Waals surface area contributed by atoms with Crippen molar-refractivity contribution in [2.24, 2.45) is 5.92 Å². The molecule has 1 nitrogen and oxygen atoms in total. The topological polar surface area (TPSA) is 9.23 Å². The lowest BCUT2D eigenvalue weighted by Gasteiger charge is -2.22. The van der Waals surface area contributed by atoms with E-state index < -0.39 is 0 Å². The van der Waals surface area contributed by atoms with Gasteiger partial charge in [-0.15, -0.1) is 6.42 Å². The summed E-state index contributed by atoms with van der Waals surface area (Å²) in [5.74, 6) is 4.68. The fourth-order valence-electron chi connectivity index (χ4n) is 3.01. The molecule has 2 rings (SSSR count). The Kier molecular flexibility index (Phi) is 5.28. The molecule has 1 atom stereocenters. The van der Waals surface area contributed by atoms with Crippen LogP contribution in [0.4, 0.5) is 0 Å². The standard InChI is InChI=1S/C20H24O/c1-5-12-21-20-11-10-18-13-17(8-9-19(18)14-20)15(4)16(6-2)7-3/h1,8-11,13-16H,6-7,12H2,2-4H3. The second kappa shape index (κ2) is 7.18. The van der Waals surface area contributed by atoms with Gasteiger partial charge in [0.05, 0.1) is 0 Å². The van der Waals surface area contributed by atoms with E-state index >= 15 is 0 Å². The smallest absolute Gasteiger partial charge is 0.148 e. The van der Waals surface area contributed by atoms with Crippen LogP contribution in [0.1, 0.15) is 45.1 Å². The van der Waals surface area contributed by atoms with Crippen LogP contribution < -0.4 is 4.74 Å². The Hall–Kier alpha value is -1.94. The molecule has 0 radical (unpaired) electrons. The maximum atomic E-state index is 5.48. The van der Waals surface area contributed by atoms with Gasteiger partial charge in [0.2, 0.25) is 0 Å². The third kappa shape index (κ3) is 3.58. The van der Waals surface area contributed by atoms with Crippen LogP contribution in [0.2, 0.25) is 0 Å². The van der Waals surface area contributed by atoms with Crippen LogP contribution in [0, 0.1) is 18.3 Å². The Morgan fingerprint density at radius 2 is 1.71 bits per heavy atom. The van der Waals surface area contributed by atoms with Crippen molar-refractivity contribution in [1.29, 1.82) is 0 Å². The van der Waals surface area contributed by atoms with Crippen LogP contribution in [-0.2, 0) is 0 Å². The molecule has 0 heterocycles. The molecule has 0 aliphatic carbocycles. The Labute approximate surface area is 128 Å². The third-order valence-corrected chi connectivity index (χ3v) is 4.44. The van der Waals surface area contributed by atoms with Crippen molar-refractivity contribution >= 4 is 10.8 Å². The molecule has 2 aromatic carbocycles. The SMILES string of the molecule is C#CCOc1ccc2cc(C(C)C(CC)CC)ccc2c1. The Morgan fingerprint density at radius 1 is 1.05 bits per heavy atom. The maximum Gasteiger partial charge on any atom is 0.148 e. The molecule has 0 aliphatic heterocycles. The maximum absolute atomic E-state index is 5.48. The van der Waals surface area contributed by atoms with Gasteiger partial charge in [0.15, 0.2) is 0 Å². The summed E-state index contributed by atoms with van der Waals surface area (Å²) >= 11 is 0. The number of benzene rings is 2. The van der Waals surface area contributed by atoms with Gasteiger partial charge in [-0.25, -0.2) is 0 Å². The van der Waals surface area contributed by atoms with E-state index in [-0.39, 0.29) is 0 Å². The summed E-state index contributed by atoms with van der Waals surface area (Å²) in [5.41, 5.74) is 1.42. The van der Waals surface area contributed by atoms with Crippen LogP contribution in [0.25, 0.3) is 10.8 Å². The highest BCUT2D eigenvalue weighted by Crippen LogP contribution is 2.31. The van der Waals surface area contributed by atoms with Crippen LogP contribution in [0.3, 0.4) is 0 Å². The van der Waals surface area contributed by atoms with Crippen LogP contribution in [0.15, 0.2) is 36.4 Å². The molecule has 0 N–H and O–H groups in total. The van der Waals surface area contributed by atoms with Gasteiger partial charge in [0.1, 0.15) is 12.4 Å². The Balaban J connectivity index is 2.28. The third-order valence-electron chi connectivity index (χ3n) is 4.44. The zero-order valence-corrected chi connectivity index (χ0v) is 13.2.